The normalized spacial score (nSPS) is 11.3. The molecule has 3 rings (SSSR count). The van der Waals surface area contributed by atoms with Crippen LogP contribution < -0.4 is 10.4 Å². The van der Waals surface area contributed by atoms with Crippen molar-refractivity contribution in [2.24, 2.45) is 0 Å². The minimum absolute atomic E-state index is 0.0287. The van der Waals surface area contributed by atoms with Gasteiger partial charge in [0.1, 0.15) is 12.1 Å². The Bertz CT molecular complexity index is 1070. The largest absolute Gasteiger partial charge is 0.417 e. The third kappa shape index (κ3) is 3.34. The zero-order valence-corrected chi connectivity index (χ0v) is 13.7. The van der Waals surface area contributed by atoms with Crippen LogP contribution in [0.1, 0.15) is 16.7 Å². The molecule has 0 fully saturated rings. The highest BCUT2D eigenvalue weighted by Gasteiger charge is 2.34. The summed E-state index contributed by atoms with van der Waals surface area (Å²) < 4.78 is 40.1. The van der Waals surface area contributed by atoms with Gasteiger partial charge in [0, 0.05) is 0 Å². The Kier molecular flexibility index (Phi) is 4.57. The SMILES string of the molecule is N#Cc1cc2c(cc1C(F)(F)F)nc(Cl)c(=O)n2OCc1ccccc1. The molecule has 26 heavy (non-hydrogen) atoms. The monoisotopic (exact) mass is 379 g/mol. The van der Waals surface area contributed by atoms with E-state index in [4.69, 9.17) is 21.7 Å². The highest BCUT2D eigenvalue weighted by Crippen LogP contribution is 2.33. The van der Waals surface area contributed by atoms with Gasteiger partial charge >= 0.3 is 11.7 Å². The molecule has 132 valence electrons. The van der Waals surface area contributed by atoms with Gasteiger partial charge in [-0.15, -0.1) is 4.73 Å². The first kappa shape index (κ1) is 17.8. The fourth-order valence-electron chi connectivity index (χ4n) is 2.34. The lowest BCUT2D eigenvalue weighted by Crippen LogP contribution is -2.28. The molecule has 1 aromatic heterocycles. The van der Waals surface area contributed by atoms with Crippen LogP contribution in [0, 0.1) is 11.3 Å². The summed E-state index contributed by atoms with van der Waals surface area (Å²) in [5.41, 5.74) is -2.21. The highest BCUT2D eigenvalue weighted by atomic mass is 35.5. The van der Waals surface area contributed by atoms with Gasteiger partial charge in [-0.3, -0.25) is 4.79 Å². The van der Waals surface area contributed by atoms with E-state index in [-0.39, 0.29) is 17.6 Å². The maximum Gasteiger partial charge on any atom is 0.417 e. The van der Waals surface area contributed by atoms with E-state index in [2.05, 4.69) is 4.98 Å². The molecule has 9 heteroatoms. The number of alkyl halides is 3. The van der Waals surface area contributed by atoms with Crippen molar-refractivity contribution in [3.8, 4) is 6.07 Å². The van der Waals surface area contributed by atoms with Crippen LogP contribution in [0.4, 0.5) is 13.2 Å². The summed E-state index contributed by atoms with van der Waals surface area (Å²) in [4.78, 5) is 21.3. The smallest absolute Gasteiger partial charge is 0.405 e. The van der Waals surface area contributed by atoms with E-state index in [0.717, 1.165) is 16.4 Å². The summed E-state index contributed by atoms with van der Waals surface area (Å²) in [6.07, 6.45) is -4.75. The predicted octanol–water partition coefficient (Wildman–Crippen LogP) is 3.57. The Morgan fingerprint density at radius 3 is 2.54 bits per heavy atom. The Hall–Kier alpha value is -3.05. The Balaban J connectivity index is 2.17. The number of halogens is 4. The molecule has 3 aromatic rings. The predicted molar refractivity (Wildman–Crippen MR) is 87.5 cm³/mol. The number of nitriles is 1. The van der Waals surface area contributed by atoms with Crippen LogP contribution in [0.5, 0.6) is 0 Å². The lowest BCUT2D eigenvalue weighted by Gasteiger charge is -2.14. The Morgan fingerprint density at radius 1 is 1.23 bits per heavy atom. The van der Waals surface area contributed by atoms with E-state index in [1.165, 1.54) is 6.07 Å². The second kappa shape index (κ2) is 6.69. The first-order valence-corrected chi connectivity index (χ1v) is 7.60. The maximum absolute atomic E-state index is 13.1. The Morgan fingerprint density at radius 2 is 1.92 bits per heavy atom. The molecular formula is C17H9ClF3N3O2. The average molecular weight is 380 g/mol. The van der Waals surface area contributed by atoms with E-state index in [1.807, 2.05) is 0 Å². The van der Waals surface area contributed by atoms with Gasteiger partial charge in [-0.2, -0.15) is 18.4 Å². The molecule has 0 amide bonds. The van der Waals surface area contributed by atoms with Gasteiger partial charge in [-0.05, 0) is 17.7 Å². The van der Waals surface area contributed by atoms with Gasteiger partial charge in [-0.25, -0.2) is 4.98 Å². The quantitative estimate of drug-likeness (QED) is 0.697. The number of nitrogens with zero attached hydrogens (tertiary/aromatic N) is 3. The third-order valence-corrected chi connectivity index (χ3v) is 3.79. The third-order valence-electron chi connectivity index (χ3n) is 3.54. The van der Waals surface area contributed by atoms with Crippen molar-refractivity contribution in [3.05, 3.63) is 74.7 Å². The van der Waals surface area contributed by atoms with Gasteiger partial charge in [-0.1, -0.05) is 41.9 Å². The van der Waals surface area contributed by atoms with E-state index in [9.17, 15) is 18.0 Å². The second-order valence-electron chi connectivity index (χ2n) is 5.26. The maximum atomic E-state index is 13.1. The van der Waals surface area contributed by atoms with Crippen molar-refractivity contribution in [1.82, 2.24) is 9.71 Å². The molecule has 0 N–H and O–H groups in total. The Labute approximate surface area is 149 Å². The molecule has 5 nitrogen and oxygen atoms in total. The number of fused-ring (bicyclic) bond motifs is 1. The van der Waals surface area contributed by atoms with Crippen molar-refractivity contribution in [2.45, 2.75) is 12.8 Å². The van der Waals surface area contributed by atoms with Crippen LogP contribution in [-0.2, 0) is 12.8 Å². The van der Waals surface area contributed by atoms with Gasteiger partial charge in [0.05, 0.1) is 22.7 Å². The number of benzene rings is 2. The van der Waals surface area contributed by atoms with Crippen LogP contribution in [0.3, 0.4) is 0 Å². The van der Waals surface area contributed by atoms with Crippen molar-refractivity contribution in [2.75, 3.05) is 0 Å². The van der Waals surface area contributed by atoms with Gasteiger partial charge in [0.15, 0.2) is 5.15 Å². The topological polar surface area (TPSA) is 67.9 Å². The molecule has 1 heterocycles. The van der Waals surface area contributed by atoms with Crippen molar-refractivity contribution in [1.29, 1.82) is 5.26 Å². The minimum Gasteiger partial charge on any atom is -0.405 e. The summed E-state index contributed by atoms with van der Waals surface area (Å²) in [5.74, 6) is 0. The van der Waals surface area contributed by atoms with E-state index in [1.54, 1.807) is 30.3 Å². The minimum atomic E-state index is -4.75. The van der Waals surface area contributed by atoms with Crippen LogP contribution in [-0.4, -0.2) is 9.71 Å². The molecule has 0 aliphatic carbocycles. The lowest BCUT2D eigenvalue weighted by atomic mass is 10.1. The zero-order chi connectivity index (χ0) is 18.9. The number of hydrogen-bond acceptors (Lipinski definition) is 4. The molecule has 0 aliphatic rings. The molecule has 0 saturated heterocycles. The van der Waals surface area contributed by atoms with E-state index < -0.39 is 28.0 Å². The molecule has 0 radical (unpaired) electrons. The molecular weight excluding hydrogens is 371 g/mol. The molecule has 0 atom stereocenters. The first-order chi connectivity index (χ1) is 12.3. The molecule has 0 bridgehead atoms. The van der Waals surface area contributed by atoms with Gasteiger partial charge < -0.3 is 4.84 Å². The number of hydrogen-bond donors (Lipinski definition) is 0. The van der Waals surface area contributed by atoms with Crippen LogP contribution >= 0.6 is 11.6 Å². The van der Waals surface area contributed by atoms with Crippen LogP contribution in [0.25, 0.3) is 11.0 Å². The molecule has 2 aromatic carbocycles. The number of rotatable bonds is 3. The molecule has 0 spiro atoms. The van der Waals surface area contributed by atoms with Gasteiger partial charge in [0.25, 0.3) is 0 Å². The summed E-state index contributed by atoms with van der Waals surface area (Å²) in [7, 11) is 0. The first-order valence-electron chi connectivity index (χ1n) is 7.22. The standard InChI is InChI=1S/C17H9ClF3N3O2/c18-15-16(25)24(26-9-10-4-2-1-3-5-10)14-6-11(8-22)12(17(19,20)21)7-13(14)23-15/h1-7H,9H2. The average Bonchev–Trinajstić information content (AvgIpc) is 2.61. The van der Waals surface area contributed by atoms with Gasteiger partial charge in [0.2, 0.25) is 0 Å². The zero-order valence-electron chi connectivity index (χ0n) is 12.9. The van der Waals surface area contributed by atoms with Crippen molar-refractivity contribution >= 4 is 22.6 Å². The fraction of sp³-hybridized carbons (Fsp3) is 0.118. The molecule has 0 unspecified atom stereocenters. The van der Waals surface area contributed by atoms with E-state index >= 15 is 0 Å². The summed E-state index contributed by atoms with van der Waals surface area (Å²) in [5, 5.41) is 8.50. The summed E-state index contributed by atoms with van der Waals surface area (Å²) >= 11 is 5.74. The van der Waals surface area contributed by atoms with Crippen LogP contribution in [0.15, 0.2) is 47.3 Å². The van der Waals surface area contributed by atoms with Crippen molar-refractivity contribution in [3.63, 3.8) is 0 Å². The highest BCUT2D eigenvalue weighted by molar-refractivity contribution is 6.29. The summed E-state index contributed by atoms with van der Waals surface area (Å²) in [6, 6.07) is 11.9. The number of aromatic nitrogens is 2. The summed E-state index contributed by atoms with van der Waals surface area (Å²) in [6.45, 7) is -0.0287. The van der Waals surface area contributed by atoms with Crippen LogP contribution in [0.2, 0.25) is 5.15 Å². The fourth-order valence-corrected chi connectivity index (χ4v) is 2.51. The second-order valence-corrected chi connectivity index (χ2v) is 5.62. The molecule has 0 saturated carbocycles. The lowest BCUT2D eigenvalue weighted by molar-refractivity contribution is -0.137. The molecule has 0 aliphatic heterocycles. The van der Waals surface area contributed by atoms with Crippen molar-refractivity contribution < 1.29 is 18.0 Å². The van der Waals surface area contributed by atoms with E-state index in [0.29, 0.717) is 6.07 Å².